The van der Waals surface area contributed by atoms with Crippen LogP contribution in [0.2, 0.25) is 0 Å². The van der Waals surface area contributed by atoms with Crippen LogP contribution in [0.15, 0.2) is 17.6 Å². The van der Waals surface area contributed by atoms with E-state index in [9.17, 15) is 0 Å². The minimum absolute atomic E-state index is 0.912. The molecule has 1 saturated carbocycles. The molecule has 0 atom stereocenters. The maximum Gasteiger partial charge on any atom is 0.191 e. The van der Waals surface area contributed by atoms with E-state index in [0.29, 0.717) is 0 Å². The van der Waals surface area contributed by atoms with Gasteiger partial charge in [-0.25, -0.2) is 0 Å². The van der Waals surface area contributed by atoms with Gasteiger partial charge in [-0.05, 0) is 38.5 Å². The van der Waals surface area contributed by atoms with Gasteiger partial charge in [0.15, 0.2) is 5.96 Å². The monoisotopic (exact) mass is 320 g/mol. The van der Waals surface area contributed by atoms with E-state index in [1.165, 1.54) is 38.5 Å². The molecule has 130 valence electrons. The van der Waals surface area contributed by atoms with Crippen molar-refractivity contribution in [3.8, 4) is 0 Å². The fourth-order valence-corrected chi connectivity index (χ4v) is 3.18. The van der Waals surface area contributed by atoms with Crippen LogP contribution >= 0.6 is 0 Å². The van der Waals surface area contributed by atoms with E-state index in [1.807, 2.05) is 4.57 Å². The van der Waals surface area contributed by atoms with Crippen molar-refractivity contribution >= 4 is 5.96 Å². The van der Waals surface area contributed by atoms with E-state index in [-0.39, 0.29) is 0 Å². The van der Waals surface area contributed by atoms with Crippen LogP contribution in [0, 0.1) is 5.92 Å². The number of nitrogens with one attached hydrogen (secondary N) is 2. The van der Waals surface area contributed by atoms with Crippen molar-refractivity contribution in [1.82, 2.24) is 25.4 Å². The van der Waals surface area contributed by atoms with Crippen molar-refractivity contribution in [2.24, 2.45) is 10.9 Å². The topological polar surface area (TPSA) is 67.1 Å². The van der Waals surface area contributed by atoms with Gasteiger partial charge in [-0.3, -0.25) is 4.99 Å². The van der Waals surface area contributed by atoms with Gasteiger partial charge in [-0.15, -0.1) is 10.2 Å². The number of aliphatic imine (C=N–C) groups is 1. The molecular formula is C17H32N6. The first-order chi connectivity index (χ1) is 11.4. The smallest absolute Gasteiger partial charge is 0.191 e. The maximum absolute atomic E-state index is 4.69. The average molecular weight is 320 g/mol. The number of unbranched alkanes of at least 4 members (excludes halogenated alkanes) is 1. The number of aryl methyl sites for hydroxylation is 1. The third-order valence-corrected chi connectivity index (χ3v) is 4.46. The highest BCUT2D eigenvalue weighted by Gasteiger charge is 2.13. The predicted octanol–water partition coefficient (Wildman–Crippen LogP) is 2.58. The molecule has 0 saturated heterocycles. The molecule has 23 heavy (non-hydrogen) atoms. The Kier molecular flexibility index (Phi) is 8.51. The fraction of sp³-hybridized carbons (Fsp3) is 0.824. The predicted molar refractivity (Wildman–Crippen MR) is 94.4 cm³/mol. The Morgan fingerprint density at radius 3 is 2.65 bits per heavy atom. The van der Waals surface area contributed by atoms with E-state index >= 15 is 0 Å². The average Bonchev–Trinajstić information content (AvgIpc) is 3.24. The van der Waals surface area contributed by atoms with E-state index in [0.717, 1.165) is 50.9 Å². The van der Waals surface area contributed by atoms with Gasteiger partial charge in [0, 0.05) is 26.2 Å². The summed E-state index contributed by atoms with van der Waals surface area (Å²) in [7, 11) is 0. The zero-order chi connectivity index (χ0) is 16.2. The van der Waals surface area contributed by atoms with Gasteiger partial charge in [0.25, 0.3) is 0 Å². The second-order valence-corrected chi connectivity index (χ2v) is 6.39. The Balaban J connectivity index is 1.55. The minimum atomic E-state index is 0.912. The molecule has 1 fully saturated rings. The number of nitrogens with zero attached hydrogens (tertiary/aromatic N) is 4. The zero-order valence-electron chi connectivity index (χ0n) is 14.5. The Labute approximate surface area is 140 Å². The molecule has 1 aromatic rings. The lowest BCUT2D eigenvalue weighted by Gasteiger charge is -2.12. The molecule has 2 N–H and O–H groups in total. The van der Waals surface area contributed by atoms with Crippen LogP contribution in [0.5, 0.6) is 0 Å². The Morgan fingerprint density at radius 2 is 1.91 bits per heavy atom. The summed E-state index contributed by atoms with van der Waals surface area (Å²) in [6.07, 6.45) is 14.1. The number of aromatic nitrogens is 3. The lowest BCUT2D eigenvalue weighted by atomic mass is 10.0. The molecule has 0 amide bonds. The van der Waals surface area contributed by atoms with Crippen LogP contribution in [-0.2, 0) is 6.54 Å². The van der Waals surface area contributed by atoms with E-state index in [2.05, 4.69) is 27.8 Å². The van der Waals surface area contributed by atoms with Crippen molar-refractivity contribution < 1.29 is 0 Å². The number of hydrogen-bond donors (Lipinski definition) is 2. The third kappa shape index (κ3) is 7.48. The molecule has 6 heteroatoms. The molecular weight excluding hydrogens is 288 g/mol. The largest absolute Gasteiger partial charge is 0.357 e. The molecule has 0 unspecified atom stereocenters. The van der Waals surface area contributed by atoms with Crippen LogP contribution < -0.4 is 10.6 Å². The molecule has 0 aliphatic heterocycles. The molecule has 0 spiro atoms. The lowest BCUT2D eigenvalue weighted by molar-refractivity contribution is 0.487. The second-order valence-electron chi connectivity index (χ2n) is 6.39. The highest BCUT2D eigenvalue weighted by atomic mass is 15.2. The van der Waals surface area contributed by atoms with Crippen LogP contribution in [0.1, 0.15) is 58.3 Å². The fourth-order valence-electron chi connectivity index (χ4n) is 3.18. The van der Waals surface area contributed by atoms with E-state index < -0.39 is 0 Å². The molecule has 1 aliphatic rings. The van der Waals surface area contributed by atoms with Crippen LogP contribution in [0.25, 0.3) is 0 Å². The van der Waals surface area contributed by atoms with Crippen LogP contribution in [-0.4, -0.2) is 40.4 Å². The molecule has 1 aromatic heterocycles. The van der Waals surface area contributed by atoms with Crippen LogP contribution in [0.4, 0.5) is 0 Å². The van der Waals surface area contributed by atoms with Crippen molar-refractivity contribution in [2.75, 3.05) is 19.6 Å². The van der Waals surface area contributed by atoms with Gasteiger partial charge in [0.1, 0.15) is 12.7 Å². The number of guanidine groups is 1. The zero-order valence-corrected chi connectivity index (χ0v) is 14.5. The van der Waals surface area contributed by atoms with Crippen molar-refractivity contribution in [3.63, 3.8) is 0 Å². The molecule has 0 bridgehead atoms. The third-order valence-electron chi connectivity index (χ3n) is 4.46. The standard InChI is InChI=1S/C17H32N6/c1-2-18-17(20-12-7-10-16-8-3-4-9-16)19-11-5-6-13-23-14-21-22-15-23/h14-16H,2-13H2,1H3,(H2,18,19,20). The SMILES string of the molecule is CCNC(=NCCCC1CCCC1)NCCCCn1cnnc1. The van der Waals surface area contributed by atoms with Crippen molar-refractivity contribution in [2.45, 2.75) is 64.8 Å². The first kappa shape index (κ1) is 17.8. The van der Waals surface area contributed by atoms with Gasteiger partial charge >= 0.3 is 0 Å². The Bertz CT molecular complexity index is 422. The molecule has 1 aliphatic carbocycles. The molecule has 1 heterocycles. The summed E-state index contributed by atoms with van der Waals surface area (Å²) in [5, 5.41) is 14.4. The summed E-state index contributed by atoms with van der Waals surface area (Å²) in [4.78, 5) is 4.69. The lowest BCUT2D eigenvalue weighted by Crippen LogP contribution is -2.37. The minimum Gasteiger partial charge on any atom is -0.357 e. The summed E-state index contributed by atoms with van der Waals surface area (Å²) in [5.41, 5.74) is 0. The molecule has 0 radical (unpaired) electrons. The van der Waals surface area contributed by atoms with Crippen molar-refractivity contribution in [1.29, 1.82) is 0 Å². The summed E-state index contributed by atoms with van der Waals surface area (Å²) >= 11 is 0. The highest BCUT2D eigenvalue weighted by Crippen LogP contribution is 2.28. The second kappa shape index (κ2) is 11.0. The van der Waals surface area contributed by atoms with Gasteiger partial charge in [-0.2, -0.15) is 0 Å². The maximum atomic E-state index is 4.69. The number of rotatable bonds is 10. The summed E-state index contributed by atoms with van der Waals surface area (Å²) in [6, 6.07) is 0. The van der Waals surface area contributed by atoms with Crippen molar-refractivity contribution in [3.05, 3.63) is 12.7 Å². The Morgan fingerprint density at radius 1 is 1.13 bits per heavy atom. The molecule has 6 nitrogen and oxygen atoms in total. The van der Waals surface area contributed by atoms with Gasteiger partial charge in [0.05, 0.1) is 0 Å². The first-order valence-corrected chi connectivity index (χ1v) is 9.23. The van der Waals surface area contributed by atoms with Crippen LogP contribution in [0.3, 0.4) is 0 Å². The first-order valence-electron chi connectivity index (χ1n) is 9.23. The summed E-state index contributed by atoms with van der Waals surface area (Å²) in [6.45, 7) is 5.89. The number of hydrogen-bond acceptors (Lipinski definition) is 3. The van der Waals surface area contributed by atoms with Gasteiger partial charge < -0.3 is 15.2 Å². The van der Waals surface area contributed by atoms with Gasteiger partial charge in [-0.1, -0.05) is 25.7 Å². The molecule has 2 rings (SSSR count). The normalized spacial score (nSPS) is 16.0. The summed E-state index contributed by atoms with van der Waals surface area (Å²) < 4.78 is 2.02. The highest BCUT2D eigenvalue weighted by molar-refractivity contribution is 5.79. The van der Waals surface area contributed by atoms with E-state index in [1.54, 1.807) is 12.7 Å². The molecule has 0 aromatic carbocycles. The Hall–Kier alpha value is -1.59. The van der Waals surface area contributed by atoms with Gasteiger partial charge in [0.2, 0.25) is 0 Å². The van der Waals surface area contributed by atoms with E-state index in [4.69, 9.17) is 4.99 Å². The quantitative estimate of drug-likeness (QED) is 0.395. The summed E-state index contributed by atoms with van der Waals surface area (Å²) in [5.74, 6) is 1.93.